The minimum atomic E-state index is 0.104. The third-order valence-electron chi connectivity index (χ3n) is 2.33. The van der Waals surface area contributed by atoms with Crippen molar-refractivity contribution in [3.63, 3.8) is 0 Å². The molecule has 0 aromatic heterocycles. The summed E-state index contributed by atoms with van der Waals surface area (Å²) in [5.74, 6) is 1.45. The second-order valence-corrected chi connectivity index (χ2v) is 4.98. The van der Waals surface area contributed by atoms with E-state index in [1.165, 1.54) is 0 Å². The predicted molar refractivity (Wildman–Crippen MR) is 67.1 cm³/mol. The van der Waals surface area contributed by atoms with Crippen molar-refractivity contribution in [2.24, 2.45) is 11.7 Å². The molecule has 0 heterocycles. The van der Waals surface area contributed by atoms with Crippen LogP contribution in [0.1, 0.15) is 31.9 Å². The smallest absolute Gasteiger partial charge is 0.133 e. The van der Waals surface area contributed by atoms with Gasteiger partial charge in [0.2, 0.25) is 0 Å². The fourth-order valence-corrected chi connectivity index (χ4v) is 2.12. The number of methoxy groups -OCH3 is 1. The number of benzene rings is 1. The molecule has 1 atom stereocenters. The normalized spacial score (nSPS) is 12.9. The molecule has 0 bridgehead atoms. The van der Waals surface area contributed by atoms with Crippen LogP contribution >= 0.6 is 15.9 Å². The molecule has 2 nitrogen and oxygen atoms in total. The molecule has 0 aliphatic heterocycles. The molecule has 0 radical (unpaired) electrons. The molecular formula is C12H18BrNO. The monoisotopic (exact) mass is 271 g/mol. The first-order valence-corrected chi connectivity index (χ1v) is 5.93. The van der Waals surface area contributed by atoms with E-state index in [0.29, 0.717) is 5.92 Å². The highest BCUT2D eigenvalue weighted by atomic mass is 79.9. The fraction of sp³-hybridized carbons (Fsp3) is 0.500. The van der Waals surface area contributed by atoms with Crippen molar-refractivity contribution in [2.45, 2.75) is 26.3 Å². The minimum absolute atomic E-state index is 0.104. The summed E-state index contributed by atoms with van der Waals surface area (Å²) in [6.07, 6.45) is 0.999. The maximum absolute atomic E-state index is 6.09. The van der Waals surface area contributed by atoms with Gasteiger partial charge in [0, 0.05) is 6.04 Å². The Kier molecular flexibility index (Phi) is 4.61. The molecule has 0 spiro atoms. The standard InChI is InChI=1S/C12H18BrNO/c1-8(2)6-11(14)9-4-5-12(15-3)10(13)7-9/h4-5,7-8,11H,6,14H2,1-3H3. The van der Waals surface area contributed by atoms with Crippen LogP contribution in [0.3, 0.4) is 0 Å². The molecule has 84 valence electrons. The second-order valence-electron chi connectivity index (χ2n) is 4.13. The Balaban J connectivity index is 2.82. The lowest BCUT2D eigenvalue weighted by atomic mass is 9.98. The van der Waals surface area contributed by atoms with Crippen LogP contribution in [0.5, 0.6) is 5.75 Å². The second kappa shape index (κ2) is 5.52. The average molecular weight is 272 g/mol. The minimum Gasteiger partial charge on any atom is -0.496 e. The van der Waals surface area contributed by atoms with Gasteiger partial charge in [0.1, 0.15) is 5.75 Å². The highest BCUT2D eigenvalue weighted by Gasteiger charge is 2.10. The summed E-state index contributed by atoms with van der Waals surface area (Å²) in [5.41, 5.74) is 7.24. The number of hydrogen-bond acceptors (Lipinski definition) is 2. The first-order chi connectivity index (χ1) is 7.04. The van der Waals surface area contributed by atoms with Crippen molar-refractivity contribution in [3.8, 4) is 5.75 Å². The summed E-state index contributed by atoms with van der Waals surface area (Å²) in [6.45, 7) is 4.36. The zero-order valence-corrected chi connectivity index (χ0v) is 11.0. The van der Waals surface area contributed by atoms with E-state index in [0.717, 1.165) is 22.2 Å². The summed E-state index contributed by atoms with van der Waals surface area (Å²) in [6, 6.07) is 6.11. The van der Waals surface area contributed by atoms with Gasteiger partial charge in [-0.1, -0.05) is 19.9 Å². The maximum Gasteiger partial charge on any atom is 0.133 e. The van der Waals surface area contributed by atoms with Crippen LogP contribution in [-0.2, 0) is 0 Å². The molecule has 2 N–H and O–H groups in total. The highest BCUT2D eigenvalue weighted by molar-refractivity contribution is 9.10. The van der Waals surface area contributed by atoms with Gasteiger partial charge in [-0.05, 0) is 46.0 Å². The van der Waals surface area contributed by atoms with Gasteiger partial charge in [0.25, 0.3) is 0 Å². The van der Waals surface area contributed by atoms with E-state index in [1.807, 2.05) is 18.2 Å². The molecule has 1 aromatic rings. The Morgan fingerprint density at radius 3 is 2.53 bits per heavy atom. The van der Waals surface area contributed by atoms with Crippen molar-refractivity contribution in [2.75, 3.05) is 7.11 Å². The SMILES string of the molecule is COc1ccc(C(N)CC(C)C)cc1Br. The molecule has 1 rings (SSSR count). The first-order valence-electron chi connectivity index (χ1n) is 5.13. The zero-order chi connectivity index (χ0) is 11.4. The van der Waals surface area contributed by atoms with E-state index >= 15 is 0 Å². The lowest BCUT2D eigenvalue weighted by Gasteiger charge is -2.15. The van der Waals surface area contributed by atoms with Gasteiger partial charge in [0.15, 0.2) is 0 Å². The topological polar surface area (TPSA) is 35.2 Å². The van der Waals surface area contributed by atoms with Crippen molar-refractivity contribution >= 4 is 15.9 Å². The van der Waals surface area contributed by atoms with Gasteiger partial charge in [-0.3, -0.25) is 0 Å². The van der Waals surface area contributed by atoms with Crippen LogP contribution in [0.4, 0.5) is 0 Å². The number of nitrogens with two attached hydrogens (primary N) is 1. The first kappa shape index (κ1) is 12.5. The Morgan fingerprint density at radius 1 is 1.40 bits per heavy atom. The van der Waals surface area contributed by atoms with Crippen LogP contribution in [0.15, 0.2) is 22.7 Å². The van der Waals surface area contributed by atoms with Gasteiger partial charge < -0.3 is 10.5 Å². The predicted octanol–water partition coefficient (Wildman–Crippen LogP) is 3.50. The van der Waals surface area contributed by atoms with Crippen molar-refractivity contribution in [1.29, 1.82) is 0 Å². The Hall–Kier alpha value is -0.540. The largest absolute Gasteiger partial charge is 0.496 e. The Morgan fingerprint density at radius 2 is 2.07 bits per heavy atom. The van der Waals surface area contributed by atoms with Gasteiger partial charge in [-0.15, -0.1) is 0 Å². The number of ether oxygens (including phenoxy) is 1. The Bertz CT molecular complexity index is 325. The molecule has 0 fully saturated rings. The zero-order valence-electron chi connectivity index (χ0n) is 9.46. The number of hydrogen-bond donors (Lipinski definition) is 1. The molecule has 0 saturated carbocycles. The molecule has 0 amide bonds. The van der Waals surface area contributed by atoms with Crippen LogP contribution in [0.2, 0.25) is 0 Å². The van der Waals surface area contributed by atoms with Crippen LogP contribution in [-0.4, -0.2) is 7.11 Å². The lowest BCUT2D eigenvalue weighted by molar-refractivity contribution is 0.411. The quantitative estimate of drug-likeness (QED) is 0.910. The van der Waals surface area contributed by atoms with Gasteiger partial charge in [0.05, 0.1) is 11.6 Å². The van der Waals surface area contributed by atoms with E-state index in [1.54, 1.807) is 7.11 Å². The third-order valence-corrected chi connectivity index (χ3v) is 2.95. The van der Waals surface area contributed by atoms with Gasteiger partial charge >= 0.3 is 0 Å². The summed E-state index contributed by atoms with van der Waals surface area (Å²) in [5, 5.41) is 0. The van der Waals surface area contributed by atoms with Crippen LogP contribution in [0.25, 0.3) is 0 Å². The van der Waals surface area contributed by atoms with Crippen molar-refractivity contribution in [3.05, 3.63) is 28.2 Å². The molecule has 1 unspecified atom stereocenters. The van der Waals surface area contributed by atoms with Crippen LogP contribution < -0.4 is 10.5 Å². The summed E-state index contributed by atoms with van der Waals surface area (Å²) in [4.78, 5) is 0. The molecule has 0 aliphatic carbocycles. The van der Waals surface area contributed by atoms with Crippen LogP contribution in [0, 0.1) is 5.92 Å². The van der Waals surface area contributed by atoms with Crippen molar-refractivity contribution in [1.82, 2.24) is 0 Å². The summed E-state index contributed by atoms with van der Waals surface area (Å²) < 4.78 is 6.13. The molecule has 3 heteroatoms. The third kappa shape index (κ3) is 3.50. The van der Waals surface area contributed by atoms with Gasteiger partial charge in [-0.2, -0.15) is 0 Å². The maximum atomic E-state index is 6.09. The Labute approximate surface area is 99.9 Å². The van der Waals surface area contributed by atoms with E-state index in [9.17, 15) is 0 Å². The number of halogens is 1. The van der Waals surface area contributed by atoms with E-state index in [-0.39, 0.29) is 6.04 Å². The molecule has 0 aliphatic rings. The van der Waals surface area contributed by atoms with E-state index in [4.69, 9.17) is 10.5 Å². The molecule has 1 aromatic carbocycles. The molecule has 0 saturated heterocycles. The summed E-state index contributed by atoms with van der Waals surface area (Å²) >= 11 is 3.46. The molecular weight excluding hydrogens is 254 g/mol. The lowest BCUT2D eigenvalue weighted by Crippen LogP contribution is -2.12. The summed E-state index contributed by atoms with van der Waals surface area (Å²) in [7, 11) is 1.66. The van der Waals surface area contributed by atoms with E-state index in [2.05, 4.69) is 29.8 Å². The average Bonchev–Trinajstić information content (AvgIpc) is 2.16. The number of rotatable bonds is 4. The molecule has 15 heavy (non-hydrogen) atoms. The van der Waals surface area contributed by atoms with E-state index < -0.39 is 0 Å². The van der Waals surface area contributed by atoms with Crippen molar-refractivity contribution < 1.29 is 4.74 Å². The van der Waals surface area contributed by atoms with Gasteiger partial charge in [-0.25, -0.2) is 0 Å². The fourth-order valence-electron chi connectivity index (χ4n) is 1.56. The highest BCUT2D eigenvalue weighted by Crippen LogP contribution is 2.29.